The maximum atomic E-state index is 13.4. The van der Waals surface area contributed by atoms with E-state index < -0.39 is 28.8 Å². The molecular formula is C22H20F3N5O3. The van der Waals surface area contributed by atoms with Gasteiger partial charge in [-0.2, -0.15) is 18.3 Å². The van der Waals surface area contributed by atoms with Gasteiger partial charge in [-0.1, -0.05) is 18.2 Å². The fraction of sp³-hybridized carbons (Fsp3) is 0.227. The highest BCUT2D eigenvalue weighted by Crippen LogP contribution is 2.33. The number of halogens is 3. The maximum Gasteiger partial charge on any atom is 0.418 e. The third-order valence-electron chi connectivity index (χ3n) is 4.61. The van der Waals surface area contributed by atoms with Crippen molar-refractivity contribution in [1.82, 2.24) is 25.4 Å². The molecule has 3 aromatic rings. The molecule has 0 saturated carbocycles. The first-order valence-corrected chi connectivity index (χ1v) is 9.88. The first-order valence-electron chi connectivity index (χ1n) is 9.88. The van der Waals surface area contributed by atoms with Crippen LogP contribution in [0.2, 0.25) is 0 Å². The van der Waals surface area contributed by atoms with Gasteiger partial charge in [0.2, 0.25) is 11.3 Å². The van der Waals surface area contributed by atoms with Crippen LogP contribution in [-0.4, -0.2) is 33.1 Å². The normalized spacial score (nSPS) is 11.2. The van der Waals surface area contributed by atoms with Gasteiger partial charge in [0.15, 0.2) is 5.69 Å². The number of benzene rings is 1. The summed E-state index contributed by atoms with van der Waals surface area (Å²) in [5, 5.41) is 8.94. The van der Waals surface area contributed by atoms with Crippen molar-refractivity contribution in [3.8, 4) is 5.69 Å². The van der Waals surface area contributed by atoms with Gasteiger partial charge in [0.25, 0.3) is 5.91 Å². The fourth-order valence-corrected chi connectivity index (χ4v) is 3.01. The quantitative estimate of drug-likeness (QED) is 0.565. The molecule has 3 rings (SSSR count). The van der Waals surface area contributed by atoms with Crippen LogP contribution in [0.5, 0.6) is 0 Å². The standard InChI is InChI=1S/C22H20F3N5O3/c1-14-11-18(31)20(29-30(14)17-7-3-2-6-16(17)22(23,24)25)21(33)27-10-8-19(32)28-13-15-5-4-9-26-12-15/h2-7,9,11-12H,8,10,13H2,1H3,(H,27,33)(H,28,32). The molecule has 0 fully saturated rings. The van der Waals surface area contributed by atoms with Crippen LogP contribution in [0, 0.1) is 6.92 Å². The molecule has 0 aliphatic rings. The number of nitrogens with zero attached hydrogens (tertiary/aromatic N) is 3. The monoisotopic (exact) mass is 459 g/mol. The Morgan fingerprint density at radius 1 is 1.09 bits per heavy atom. The number of rotatable bonds is 7. The number of alkyl halides is 3. The average Bonchev–Trinajstić information content (AvgIpc) is 2.78. The summed E-state index contributed by atoms with van der Waals surface area (Å²) in [6, 6.07) is 9.27. The van der Waals surface area contributed by atoms with Crippen molar-refractivity contribution < 1.29 is 22.8 Å². The number of aryl methyl sites for hydroxylation is 1. The Morgan fingerprint density at radius 3 is 2.55 bits per heavy atom. The Bertz CT molecular complexity index is 1210. The zero-order valence-electron chi connectivity index (χ0n) is 17.5. The molecule has 1 aromatic carbocycles. The fourth-order valence-electron chi connectivity index (χ4n) is 3.01. The molecule has 0 radical (unpaired) electrons. The Labute approximate surface area is 186 Å². The number of pyridine rings is 1. The minimum Gasteiger partial charge on any atom is -0.352 e. The SMILES string of the molecule is Cc1cc(=O)c(C(=O)NCCC(=O)NCc2cccnc2)nn1-c1ccccc1C(F)(F)F. The Hall–Kier alpha value is -4.02. The maximum absolute atomic E-state index is 13.4. The molecule has 11 heteroatoms. The van der Waals surface area contributed by atoms with Gasteiger partial charge in [0.05, 0.1) is 11.3 Å². The Kier molecular flexibility index (Phi) is 7.21. The molecule has 8 nitrogen and oxygen atoms in total. The molecule has 0 aliphatic heterocycles. The minimum absolute atomic E-state index is 0.0665. The van der Waals surface area contributed by atoms with Crippen LogP contribution < -0.4 is 16.1 Å². The minimum atomic E-state index is -4.65. The smallest absolute Gasteiger partial charge is 0.352 e. The molecule has 2 amide bonds. The lowest BCUT2D eigenvalue weighted by Crippen LogP contribution is -2.35. The Morgan fingerprint density at radius 2 is 1.85 bits per heavy atom. The molecule has 33 heavy (non-hydrogen) atoms. The van der Waals surface area contributed by atoms with Crippen LogP contribution >= 0.6 is 0 Å². The van der Waals surface area contributed by atoms with Gasteiger partial charge < -0.3 is 10.6 Å². The molecule has 0 aliphatic carbocycles. The van der Waals surface area contributed by atoms with Gasteiger partial charge >= 0.3 is 6.18 Å². The average molecular weight is 459 g/mol. The highest BCUT2D eigenvalue weighted by atomic mass is 19.4. The second-order valence-corrected chi connectivity index (χ2v) is 7.07. The van der Waals surface area contributed by atoms with Crippen molar-refractivity contribution >= 4 is 11.8 Å². The molecule has 0 saturated heterocycles. The van der Waals surface area contributed by atoms with Crippen molar-refractivity contribution in [2.75, 3.05) is 6.54 Å². The van der Waals surface area contributed by atoms with Crippen LogP contribution in [-0.2, 0) is 17.5 Å². The first kappa shape index (κ1) is 23.6. The van der Waals surface area contributed by atoms with Crippen LogP contribution in [0.1, 0.15) is 33.7 Å². The van der Waals surface area contributed by atoms with E-state index in [4.69, 9.17) is 0 Å². The lowest BCUT2D eigenvalue weighted by Gasteiger charge is -2.16. The predicted molar refractivity (Wildman–Crippen MR) is 113 cm³/mol. The summed E-state index contributed by atoms with van der Waals surface area (Å²) in [6.45, 7) is 1.59. The van der Waals surface area contributed by atoms with Crippen LogP contribution in [0.25, 0.3) is 5.69 Å². The number of hydrogen-bond donors (Lipinski definition) is 2. The lowest BCUT2D eigenvalue weighted by molar-refractivity contribution is -0.137. The zero-order chi connectivity index (χ0) is 24.0. The highest BCUT2D eigenvalue weighted by Gasteiger charge is 2.34. The van der Waals surface area contributed by atoms with Gasteiger partial charge in [-0.05, 0) is 30.7 Å². The number of para-hydroxylation sites is 1. The van der Waals surface area contributed by atoms with Gasteiger partial charge in [0, 0.05) is 43.7 Å². The summed E-state index contributed by atoms with van der Waals surface area (Å²) >= 11 is 0. The van der Waals surface area contributed by atoms with Crippen LogP contribution in [0.4, 0.5) is 13.2 Å². The summed E-state index contributed by atoms with van der Waals surface area (Å²) in [4.78, 5) is 40.6. The molecule has 0 spiro atoms. The summed E-state index contributed by atoms with van der Waals surface area (Å²) in [6.07, 6.45) is -1.51. The third-order valence-corrected chi connectivity index (χ3v) is 4.61. The van der Waals surface area contributed by atoms with Crippen molar-refractivity contribution in [3.63, 3.8) is 0 Å². The number of aromatic nitrogens is 3. The second kappa shape index (κ2) is 10.1. The van der Waals surface area contributed by atoms with E-state index in [1.165, 1.54) is 25.1 Å². The van der Waals surface area contributed by atoms with Crippen molar-refractivity contribution in [3.05, 3.63) is 87.6 Å². The molecule has 0 bridgehead atoms. The number of carbonyl (C=O) groups is 2. The third kappa shape index (κ3) is 6.03. The molecular weight excluding hydrogens is 439 g/mol. The summed E-state index contributed by atoms with van der Waals surface area (Å²) in [7, 11) is 0. The van der Waals surface area contributed by atoms with Gasteiger partial charge in [0.1, 0.15) is 0 Å². The number of carbonyl (C=O) groups excluding carboxylic acids is 2. The summed E-state index contributed by atoms with van der Waals surface area (Å²) in [5.41, 5.74) is -1.66. The molecule has 172 valence electrons. The van der Waals surface area contributed by atoms with E-state index in [9.17, 15) is 27.6 Å². The van der Waals surface area contributed by atoms with Gasteiger partial charge in [-0.25, -0.2) is 4.68 Å². The van der Waals surface area contributed by atoms with E-state index in [0.717, 1.165) is 22.4 Å². The molecule has 2 heterocycles. The topological polar surface area (TPSA) is 106 Å². The van der Waals surface area contributed by atoms with Crippen molar-refractivity contribution in [2.45, 2.75) is 26.1 Å². The summed E-state index contributed by atoms with van der Waals surface area (Å²) < 4.78 is 41.1. The zero-order valence-corrected chi connectivity index (χ0v) is 17.5. The molecule has 2 aromatic heterocycles. The largest absolute Gasteiger partial charge is 0.418 e. The number of nitrogens with one attached hydrogen (secondary N) is 2. The number of amides is 2. The Balaban J connectivity index is 1.69. The first-order chi connectivity index (χ1) is 15.7. The van der Waals surface area contributed by atoms with E-state index >= 15 is 0 Å². The van der Waals surface area contributed by atoms with E-state index in [2.05, 4.69) is 20.7 Å². The predicted octanol–water partition coefficient (Wildman–Crippen LogP) is 2.39. The molecule has 0 unspecified atom stereocenters. The summed E-state index contributed by atoms with van der Waals surface area (Å²) in [5.74, 6) is -1.23. The lowest BCUT2D eigenvalue weighted by atomic mass is 10.1. The van der Waals surface area contributed by atoms with E-state index in [1.807, 2.05) is 0 Å². The van der Waals surface area contributed by atoms with E-state index in [1.54, 1.807) is 24.5 Å². The second-order valence-electron chi connectivity index (χ2n) is 7.07. The number of hydrogen-bond acceptors (Lipinski definition) is 5. The van der Waals surface area contributed by atoms with Gasteiger partial charge in [-0.15, -0.1) is 0 Å². The van der Waals surface area contributed by atoms with Gasteiger partial charge in [-0.3, -0.25) is 19.4 Å². The van der Waals surface area contributed by atoms with Crippen molar-refractivity contribution in [2.24, 2.45) is 0 Å². The van der Waals surface area contributed by atoms with Crippen LogP contribution in [0.15, 0.2) is 59.7 Å². The highest BCUT2D eigenvalue weighted by molar-refractivity contribution is 5.92. The van der Waals surface area contributed by atoms with E-state index in [-0.39, 0.29) is 36.8 Å². The molecule has 2 N–H and O–H groups in total. The van der Waals surface area contributed by atoms with E-state index in [0.29, 0.717) is 0 Å². The van der Waals surface area contributed by atoms with Crippen molar-refractivity contribution in [1.29, 1.82) is 0 Å². The van der Waals surface area contributed by atoms with Crippen LogP contribution in [0.3, 0.4) is 0 Å². The molecule has 0 atom stereocenters.